The van der Waals surface area contributed by atoms with Crippen molar-refractivity contribution in [2.75, 3.05) is 39.6 Å². The van der Waals surface area contributed by atoms with Gasteiger partial charge in [0, 0.05) is 22.3 Å². The Bertz CT molecular complexity index is 3200. The third-order valence-electron chi connectivity index (χ3n) is 23.7. The predicted octanol–water partition coefficient (Wildman–Crippen LogP) is 34.3. The Labute approximate surface area is 719 Å². The van der Waals surface area contributed by atoms with Crippen molar-refractivity contribution in [2.45, 2.75) is 427 Å². The van der Waals surface area contributed by atoms with Gasteiger partial charge in [-0.15, -0.1) is 20.4 Å². The molecule has 0 aliphatic heterocycles. The summed E-state index contributed by atoms with van der Waals surface area (Å²) >= 11 is 0. The van der Waals surface area contributed by atoms with E-state index in [4.69, 9.17) is 37.3 Å². The number of aromatic nitrogens is 4. The normalized spacial score (nSPS) is 11.5. The molecule has 0 N–H and O–H groups in total. The first-order chi connectivity index (χ1) is 58.5. The molecule has 0 saturated carbocycles. The molecule has 0 unspecified atom stereocenters. The Hall–Kier alpha value is -6.82. The van der Waals surface area contributed by atoms with Crippen molar-refractivity contribution in [2.24, 2.45) is 0 Å². The zero-order valence-corrected chi connectivity index (χ0v) is 76.0. The minimum Gasteiger partial charge on any atom is -0.490 e. The van der Waals surface area contributed by atoms with Gasteiger partial charge in [-0.1, -0.05) is 437 Å². The lowest BCUT2D eigenvalue weighted by Gasteiger charge is -2.18. The van der Waals surface area contributed by atoms with Gasteiger partial charge in [0.05, 0.1) is 39.6 Å². The number of nitrogens with zero attached hydrogens (tertiary/aromatic N) is 4. The van der Waals surface area contributed by atoms with Crippen LogP contribution in [0, 0.1) is 0 Å². The van der Waals surface area contributed by atoms with E-state index in [0.29, 0.717) is 97.7 Å². The second kappa shape index (κ2) is 65.9. The van der Waals surface area contributed by atoms with E-state index in [1.807, 2.05) is 24.3 Å². The lowest BCUT2D eigenvalue weighted by molar-refractivity contribution is 0.234. The van der Waals surface area contributed by atoms with E-state index in [-0.39, 0.29) is 0 Å². The maximum Gasteiger partial charge on any atom is 0.248 e. The van der Waals surface area contributed by atoms with Crippen LogP contribution in [0.1, 0.15) is 427 Å². The highest BCUT2D eigenvalue weighted by Crippen LogP contribution is 2.45. The van der Waals surface area contributed by atoms with Gasteiger partial charge in [-0.2, -0.15) is 0 Å². The highest BCUT2D eigenvalue weighted by atomic mass is 16.5. The molecule has 0 atom stereocenters. The fourth-order valence-corrected chi connectivity index (χ4v) is 16.1. The molecule has 2 aromatic heterocycles. The smallest absolute Gasteiger partial charge is 0.248 e. The van der Waals surface area contributed by atoms with Crippen LogP contribution >= 0.6 is 0 Å². The average Bonchev–Trinajstić information content (AvgIpc) is 1.63. The lowest BCUT2D eigenvalue weighted by Crippen LogP contribution is -2.07. The van der Waals surface area contributed by atoms with Crippen molar-refractivity contribution < 1.29 is 37.3 Å². The molecule has 12 nitrogen and oxygen atoms in total. The van der Waals surface area contributed by atoms with Crippen molar-refractivity contribution in [3.8, 4) is 103 Å². The standard InChI is InChI=1S/C106H166N4O8/c1-7-13-19-25-31-37-43-49-55-61-79-111-97-85-95(86-98(112-80-62-56-50-44-38-32-26-20-14-8-2)101(97)115-83-65-59-53-47-41-35-29-23-17-11-5)105-109-107-103(117-105)93-75-71-91(72-76-93)89-67-69-90(70-68-89)92-73-77-94(78-74-92)104-108-110-106(118-104)96-87-99(113-81-63-57-51-45-39-33-27-21-15-9-3)102(116-84-66-60-54-48-42-36-30-24-18-12-6)100(88-96)114-82-64-58-52-46-40-34-28-22-16-10-4/h67-78,85-88H,7-66,79-84H2,1-6H3. The van der Waals surface area contributed by atoms with Crippen LogP contribution in [-0.2, 0) is 0 Å². The molecule has 0 fully saturated rings. The topological polar surface area (TPSA) is 133 Å². The summed E-state index contributed by atoms with van der Waals surface area (Å²) in [6, 6.07) is 33.6. The largest absolute Gasteiger partial charge is 0.490 e. The third-order valence-corrected chi connectivity index (χ3v) is 23.7. The van der Waals surface area contributed by atoms with Crippen molar-refractivity contribution >= 4 is 0 Å². The van der Waals surface area contributed by atoms with Crippen molar-refractivity contribution in [3.63, 3.8) is 0 Å². The van der Waals surface area contributed by atoms with E-state index in [0.717, 1.165) is 122 Å². The number of unbranched alkanes of at least 4 members (excludes halogenated alkanes) is 54. The SMILES string of the molecule is CCCCCCCCCCCCOc1cc(-c2nnc(-c3ccc(-c4ccc(-c5ccc(-c6nnc(-c7cc(OCCCCCCCCCCCC)c(OCCCCCCCCCCCC)c(OCCCCCCCCCCCC)c7)o6)cc5)cc4)cc3)o2)cc(OCCCCCCCCCCCC)c1OCCCCCCCCCCCC. The lowest BCUT2D eigenvalue weighted by atomic mass is 9.99. The maximum absolute atomic E-state index is 6.76. The molecule has 0 saturated heterocycles. The van der Waals surface area contributed by atoms with Gasteiger partial charge in [0.2, 0.25) is 35.1 Å². The monoisotopic (exact) mass is 1620 g/mol. The van der Waals surface area contributed by atoms with Crippen molar-refractivity contribution in [1.82, 2.24) is 20.4 Å². The van der Waals surface area contributed by atoms with E-state index < -0.39 is 0 Å². The molecule has 0 bridgehead atoms. The number of ether oxygens (including phenoxy) is 6. The highest BCUT2D eigenvalue weighted by molar-refractivity contribution is 5.74. The molecule has 7 aromatic rings. The second-order valence-corrected chi connectivity index (χ2v) is 34.3. The fraction of sp³-hybridized carbons (Fsp3) is 0.679. The van der Waals surface area contributed by atoms with Gasteiger partial charge < -0.3 is 37.3 Å². The summed E-state index contributed by atoms with van der Waals surface area (Å²) in [4.78, 5) is 0. The highest BCUT2D eigenvalue weighted by Gasteiger charge is 2.23. The predicted molar refractivity (Wildman–Crippen MR) is 499 cm³/mol. The minimum absolute atomic E-state index is 0.419. The van der Waals surface area contributed by atoms with Crippen LogP contribution in [0.3, 0.4) is 0 Å². The first kappa shape index (κ1) is 98.3. The molecular formula is C106H166N4O8. The molecule has 0 aliphatic carbocycles. The molecule has 2 heterocycles. The first-order valence-electron chi connectivity index (χ1n) is 49.6. The van der Waals surface area contributed by atoms with E-state index in [1.165, 1.54) is 308 Å². The molecule has 7 rings (SSSR count). The van der Waals surface area contributed by atoms with Gasteiger partial charge in [-0.3, -0.25) is 0 Å². The number of hydrogen-bond acceptors (Lipinski definition) is 12. The summed E-state index contributed by atoms with van der Waals surface area (Å²) in [6.45, 7) is 17.4. The van der Waals surface area contributed by atoms with Crippen LogP contribution in [0.2, 0.25) is 0 Å². The second-order valence-electron chi connectivity index (χ2n) is 34.3. The summed E-state index contributed by atoms with van der Waals surface area (Å²) in [6.07, 6.45) is 76.2. The van der Waals surface area contributed by atoms with Gasteiger partial charge >= 0.3 is 0 Å². The molecule has 0 aliphatic rings. The quantitative estimate of drug-likeness (QED) is 0.0336. The van der Waals surface area contributed by atoms with Crippen LogP contribution in [0.25, 0.3) is 68.1 Å². The van der Waals surface area contributed by atoms with Crippen molar-refractivity contribution in [1.29, 1.82) is 0 Å². The van der Waals surface area contributed by atoms with Crippen LogP contribution in [-0.4, -0.2) is 60.0 Å². The zero-order valence-electron chi connectivity index (χ0n) is 76.0. The van der Waals surface area contributed by atoms with E-state index >= 15 is 0 Å². The van der Waals surface area contributed by atoms with Crippen LogP contribution < -0.4 is 28.4 Å². The van der Waals surface area contributed by atoms with Crippen LogP contribution in [0.15, 0.2) is 106 Å². The van der Waals surface area contributed by atoms with Crippen LogP contribution in [0.4, 0.5) is 0 Å². The summed E-state index contributed by atoms with van der Waals surface area (Å²) in [5, 5.41) is 18.6. The maximum atomic E-state index is 6.76. The Morgan fingerprint density at radius 2 is 0.314 bits per heavy atom. The summed E-state index contributed by atoms with van der Waals surface area (Å²) in [5.41, 5.74) is 7.61. The van der Waals surface area contributed by atoms with Gasteiger partial charge in [0.1, 0.15) is 0 Å². The Balaban J connectivity index is 1.02. The first-order valence-corrected chi connectivity index (χ1v) is 49.6. The average molecular weight is 1620 g/mol. The number of rotatable bonds is 78. The summed E-state index contributed by atoms with van der Waals surface area (Å²) < 4.78 is 53.7. The third kappa shape index (κ3) is 41.6. The summed E-state index contributed by atoms with van der Waals surface area (Å²) in [7, 11) is 0. The molecule has 0 spiro atoms. The number of hydrogen-bond donors (Lipinski definition) is 0. The molecule has 0 amide bonds. The van der Waals surface area contributed by atoms with Gasteiger partial charge in [0.15, 0.2) is 23.0 Å². The van der Waals surface area contributed by atoms with Gasteiger partial charge in [-0.05, 0) is 109 Å². The molecule has 118 heavy (non-hydrogen) atoms. The molecule has 658 valence electrons. The number of benzene rings is 5. The van der Waals surface area contributed by atoms with Crippen LogP contribution in [0.5, 0.6) is 34.5 Å². The fourth-order valence-electron chi connectivity index (χ4n) is 16.1. The molecule has 5 aromatic carbocycles. The van der Waals surface area contributed by atoms with E-state index in [1.54, 1.807) is 0 Å². The van der Waals surface area contributed by atoms with Gasteiger partial charge in [-0.25, -0.2) is 0 Å². The Morgan fingerprint density at radius 3 is 0.492 bits per heavy atom. The van der Waals surface area contributed by atoms with Crippen molar-refractivity contribution in [3.05, 3.63) is 97.1 Å². The molecule has 12 heteroatoms. The minimum atomic E-state index is 0.419. The molecule has 0 radical (unpaired) electrons. The molecular weight excluding hydrogens is 1460 g/mol. The van der Waals surface area contributed by atoms with Gasteiger partial charge in [0.25, 0.3) is 0 Å². The summed E-state index contributed by atoms with van der Waals surface area (Å²) in [5.74, 6) is 5.87. The van der Waals surface area contributed by atoms with E-state index in [2.05, 4.69) is 135 Å². The zero-order chi connectivity index (χ0) is 82.9. The Morgan fingerprint density at radius 1 is 0.169 bits per heavy atom. The van der Waals surface area contributed by atoms with E-state index in [9.17, 15) is 0 Å². The Kier molecular flexibility index (Phi) is 54.9.